The maximum atomic E-state index is 13.2. The summed E-state index contributed by atoms with van der Waals surface area (Å²) in [6.07, 6.45) is 0.103. The first kappa shape index (κ1) is 15.3. The van der Waals surface area contributed by atoms with Crippen molar-refractivity contribution in [2.45, 2.75) is 62.6 Å². The molecule has 0 unspecified atom stereocenters. The van der Waals surface area contributed by atoms with Crippen LogP contribution >= 0.6 is 0 Å². The second-order valence-electron chi connectivity index (χ2n) is 5.48. The molecule has 20 heavy (non-hydrogen) atoms. The zero-order valence-corrected chi connectivity index (χ0v) is 12.2. The number of halogens is 2. The molecule has 0 atom stereocenters. The minimum Gasteiger partial charge on any atom is -0.298 e. The van der Waals surface area contributed by atoms with E-state index in [9.17, 15) is 17.2 Å². The van der Waals surface area contributed by atoms with Gasteiger partial charge in [0.05, 0.1) is 0 Å². The lowest BCUT2D eigenvalue weighted by molar-refractivity contribution is -0.0391. The second kappa shape index (κ2) is 5.03. The van der Waals surface area contributed by atoms with E-state index in [0.29, 0.717) is 5.82 Å². The van der Waals surface area contributed by atoms with Crippen LogP contribution in [0.4, 0.5) is 8.78 Å². The molecule has 0 aromatic carbocycles. The predicted molar refractivity (Wildman–Crippen MR) is 67.9 cm³/mol. The summed E-state index contributed by atoms with van der Waals surface area (Å²) >= 11 is 0. The lowest BCUT2D eigenvalue weighted by Crippen LogP contribution is -2.26. The Morgan fingerprint density at radius 2 is 1.85 bits per heavy atom. The van der Waals surface area contributed by atoms with Gasteiger partial charge in [0, 0.05) is 24.8 Å². The van der Waals surface area contributed by atoms with Crippen LogP contribution in [0.5, 0.6) is 0 Å². The number of sulfonamides is 1. The summed E-state index contributed by atoms with van der Waals surface area (Å²) in [5.74, 6) is -2.42. The van der Waals surface area contributed by atoms with Crippen LogP contribution in [0, 0.1) is 0 Å². The van der Waals surface area contributed by atoms with Crippen LogP contribution < -0.4 is 5.14 Å². The molecule has 0 aliphatic heterocycles. The van der Waals surface area contributed by atoms with Crippen LogP contribution in [-0.2, 0) is 10.0 Å². The van der Waals surface area contributed by atoms with Crippen molar-refractivity contribution in [3.8, 4) is 0 Å². The first-order valence-electron chi connectivity index (χ1n) is 6.47. The fourth-order valence-electron chi connectivity index (χ4n) is 2.54. The van der Waals surface area contributed by atoms with Crippen molar-refractivity contribution in [1.29, 1.82) is 0 Å². The number of nitrogens with two attached hydrogens (primary N) is 1. The van der Waals surface area contributed by atoms with Gasteiger partial charge < -0.3 is 0 Å². The van der Waals surface area contributed by atoms with E-state index in [1.165, 1.54) is 4.57 Å². The molecule has 0 bridgehead atoms. The number of aromatic nitrogens is 3. The average Bonchev–Trinajstić information content (AvgIpc) is 2.73. The molecule has 6 nitrogen and oxygen atoms in total. The zero-order valence-electron chi connectivity index (χ0n) is 11.4. The van der Waals surface area contributed by atoms with Gasteiger partial charge >= 0.3 is 0 Å². The summed E-state index contributed by atoms with van der Waals surface area (Å²) in [6.45, 7) is 3.55. The largest absolute Gasteiger partial charge is 0.298 e. The van der Waals surface area contributed by atoms with Crippen LogP contribution in [0.2, 0.25) is 0 Å². The Bertz CT molecular complexity index is 588. The van der Waals surface area contributed by atoms with Crippen LogP contribution in [0.15, 0.2) is 5.16 Å². The number of hydrogen-bond donors (Lipinski definition) is 1. The third-order valence-electron chi connectivity index (χ3n) is 3.54. The van der Waals surface area contributed by atoms with Crippen molar-refractivity contribution < 1.29 is 17.2 Å². The van der Waals surface area contributed by atoms with Gasteiger partial charge in [0.1, 0.15) is 5.82 Å². The predicted octanol–water partition coefficient (Wildman–Crippen LogP) is 1.80. The maximum Gasteiger partial charge on any atom is 0.273 e. The molecule has 1 aliphatic carbocycles. The maximum absolute atomic E-state index is 13.2. The zero-order chi connectivity index (χ0) is 15.1. The third-order valence-corrected chi connectivity index (χ3v) is 4.33. The molecule has 0 amide bonds. The molecule has 1 aromatic rings. The van der Waals surface area contributed by atoms with Crippen molar-refractivity contribution in [2.75, 3.05) is 0 Å². The lowest BCUT2D eigenvalue weighted by Gasteiger charge is -2.28. The van der Waals surface area contributed by atoms with Crippen molar-refractivity contribution in [3.63, 3.8) is 0 Å². The molecule has 0 radical (unpaired) electrons. The molecule has 0 saturated heterocycles. The highest BCUT2D eigenvalue weighted by Gasteiger charge is 2.38. The van der Waals surface area contributed by atoms with Crippen molar-refractivity contribution in [3.05, 3.63) is 5.82 Å². The quantitative estimate of drug-likeness (QED) is 0.921. The van der Waals surface area contributed by atoms with Gasteiger partial charge in [-0.05, 0) is 26.7 Å². The Hall–Kier alpha value is -1.09. The van der Waals surface area contributed by atoms with E-state index in [-0.39, 0.29) is 42.8 Å². The smallest absolute Gasteiger partial charge is 0.273 e. The van der Waals surface area contributed by atoms with Crippen molar-refractivity contribution >= 4 is 10.0 Å². The van der Waals surface area contributed by atoms with Gasteiger partial charge in [-0.15, -0.1) is 10.2 Å². The molecule has 1 saturated carbocycles. The van der Waals surface area contributed by atoms with E-state index in [4.69, 9.17) is 5.14 Å². The van der Waals surface area contributed by atoms with Crippen LogP contribution in [0.25, 0.3) is 0 Å². The molecule has 1 heterocycles. The summed E-state index contributed by atoms with van der Waals surface area (Å²) in [4.78, 5) is 0. The Morgan fingerprint density at radius 1 is 1.30 bits per heavy atom. The van der Waals surface area contributed by atoms with E-state index >= 15 is 0 Å². The average molecular weight is 308 g/mol. The molecular weight excluding hydrogens is 290 g/mol. The topological polar surface area (TPSA) is 90.9 Å². The number of hydrogen-bond acceptors (Lipinski definition) is 4. The van der Waals surface area contributed by atoms with E-state index < -0.39 is 15.9 Å². The molecule has 114 valence electrons. The number of alkyl halides is 2. The fraction of sp³-hybridized carbons (Fsp3) is 0.818. The normalized spacial score (nSPS) is 20.5. The lowest BCUT2D eigenvalue weighted by atomic mass is 9.86. The standard InChI is InChI=1S/C11H18F2N4O2S/c1-7(2)17-9(15-16-10(17)20(14,18)19)8-3-5-11(12,13)6-4-8/h7-8H,3-6H2,1-2H3,(H2,14,18,19). The number of rotatable bonds is 3. The summed E-state index contributed by atoms with van der Waals surface area (Å²) in [7, 11) is -3.98. The molecule has 1 aliphatic rings. The van der Waals surface area contributed by atoms with E-state index in [1.807, 2.05) is 0 Å². The minimum absolute atomic E-state index is 0.208. The Balaban J connectivity index is 2.36. The van der Waals surface area contributed by atoms with E-state index in [1.54, 1.807) is 13.8 Å². The van der Waals surface area contributed by atoms with Crippen molar-refractivity contribution in [2.24, 2.45) is 5.14 Å². The summed E-state index contributed by atoms with van der Waals surface area (Å²) in [6, 6.07) is -0.212. The molecule has 2 N–H and O–H groups in total. The highest BCUT2D eigenvalue weighted by atomic mass is 32.2. The first-order valence-corrected chi connectivity index (χ1v) is 8.02. The SMILES string of the molecule is CC(C)n1c(C2CCC(F)(F)CC2)nnc1S(N)(=O)=O. The highest BCUT2D eigenvalue weighted by molar-refractivity contribution is 7.89. The minimum atomic E-state index is -3.98. The monoisotopic (exact) mass is 308 g/mol. The van der Waals surface area contributed by atoms with Crippen LogP contribution in [-0.4, -0.2) is 29.1 Å². The Kier molecular flexibility index (Phi) is 3.85. The number of nitrogens with zero attached hydrogens (tertiary/aromatic N) is 3. The molecule has 2 rings (SSSR count). The number of primary sulfonamides is 1. The molecule has 1 fully saturated rings. The van der Waals surface area contributed by atoms with E-state index in [0.717, 1.165) is 0 Å². The van der Waals surface area contributed by atoms with Gasteiger partial charge in [0.2, 0.25) is 5.92 Å². The van der Waals surface area contributed by atoms with E-state index in [2.05, 4.69) is 10.2 Å². The van der Waals surface area contributed by atoms with Gasteiger partial charge in [-0.25, -0.2) is 22.3 Å². The summed E-state index contributed by atoms with van der Waals surface area (Å²) < 4.78 is 50.8. The molecule has 0 spiro atoms. The van der Waals surface area contributed by atoms with Crippen LogP contribution in [0.3, 0.4) is 0 Å². The molecule has 9 heteroatoms. The summed E-state index contributed by atoms with van der Waals surface area (Å²) in [5.41, 5.74) is 0. The second-order valence-corrected chi connectivity index (χ2v) is 6.93. The summed E-state index contributed by atoms with van der Waals surface area (Å²) in [5, 5.41) is 12.3. The first-order chi connectivity index (χ1) is 9.12. The van der Waals surface area contributed by atoms with Crippen molar-refractivity contribution in [1.82, 2.24) is 14.8 Å². The van der Waals surface area contributed by atoms with Gasteiger partial charge in [0.25, 0.3) is 15.2 Å². The fourth-order valence-corrected chi connectivity index (χ4v) is 3.28. The van der Waals surface area contributed by atoms with Crippen LogP contribution in [0.1, 0.15) is 57.3 Å². The molecular formula is C11H18F2N4O2S. The third kappa shape index (κ3) is 2.98. The van der Waals surface area contributed by atoms with Gasteiger partial charge in [-0.3, -0.25) is 4.57 Å². The Morgan fingerprint density at radius 3 is 2.30 bits per heavy atom. The highest BCUT2D eigenvalue weighted by Crippen LogP contribution is 2.41. The van der Waals surface area contributed by atoms with Gasteiger partial charge in [-0.2, -0.15) is 0 Å². The molecule has 1 aromatic heterocycles. The van der Waals surface area contributed by atoms with Gasteiger partial charge in [-0.1, -0.05) is 0 Å². The van der Waals surface area contributed by atoms with Gasteiger partial charge in [0.15, 0.2) is 0 Å². The Labute approximate surface area is 116 Å².